The molecule has 3 nitrogen and oxygen atoms in total. The van der Waals surface area contributed by atoms with Crippen molar-refractivity contribution < 1.29 is 5.11 Å². The van der Waals surface area contributed by atoms with Gasteiger partial charge in [-0.15, -0.1) is 0 Å². The Morgan fingerprint density at radius 3 is 2.44 bits per heavy atom. The Morgan fingerprint density at radius 1 is 1.11 bits per heavy atom. The fourth-order valence-electron chi connectivity index (χ4n) is 4.20. The summed E-state index contributed by atoms with van der Waals surface area (Å²) in [5.74, 6) is 1.67. The van der Waals surface area contributed by atoms with Gasteiger partial charge in [0.25, 0.3) is 0 Å². The zero-order valence-electron chi connectivity index (χ0n) is 11.5. The average molecular weight is 252 g/mol. The summed E-state index contributed by atoms with van der Waals surface area (Å²) in [4.78, 5) is 2.57. The Morgan fingerprint density at radius 2 is 1.83 bits per heavy atom. The van der Waals surface area contributed by atoms with E-state index >= 15 is 0 Å². The third-order valence-electron chi connectivity index (χ3n) is 5.35. The normalized spacial score (nSPS) is 38.2. The van der Waals surface area contributed by atoms with Gasteiger partial charge in [0.2, 0.25) is 0 Å². The number of fused-ring (bicyclic) bond motifs is 3. The molecule has 0 radical (unpaired) electrons. The summed E-state index contributed by atoms with van der Waals surface area (Å²) in [6.45, 7) is 4.62. The van der Waals surface area contributed by atoms with Crippen molar-refractivity contribution in [2.45, 2.75) is 57.1 Å². The second-order valence-corrected chi connectivity index (χ2v) is 6.69. The van der Waals surface area contributed by atoms with Crippen LogP contribution in [0.2, 0.25) is 0 Å². The minimum absolute atomic E-state index is 0.122. The molecule has 0 aromatic carbocycles. The first-order valence-corrected chi connectivity index (χ1v) is 7.95. The molecule has 3 saturated heterocycles. The van der Waals surface area contributed by atoms with Gasteiger partial charge in [-0.05, 0) is 44.2 Å². The summed E-state index contributed by atoms with van der Waals surface area (Å²) >= 11 is 0. The molecule has 1 saturated carbocycles. The van der Waals surface area contributed by atoms with Crippen LogP contribution in [0.1, 0.15) is 44.9 Å². The zero-order chi connectivity index (χ0) is 12.4. The molecule has 2 N–H and O–H groups in total. The van der Waals surface area contributed by atoms with E-state index < -0.39 is 0 Å². The molecule has 4 fully saturated rings. The van der Waals surface area contributed by atoms with Gasteiger partial charge in [-0.1, -0.05) is 25.7 Å². The smallest absolute Gasteiger partial charge is 0.0667 e. The first-order valence-electron chi connectivity index (χ1n) is 7.95. The van der Waals surface area contributed by atoms with Crippen molar-refractivity contribution in [1.82, 2.24) is 10.2 Å². The van der Waals surface area contributed by atoms with Crippen molar-refractivity contribution in [3.8, 4) is 0 Å². The van der Waals surface area contributed by atoms with Crippen LogP contribution >= 0.6 is 0 Å². The molecule has 0 aromatic rings. The summed E-state index contributed by atoms with van der Waals surface area (Å²) < 4.78 is 0. The first-order chi connectivity index (χ1) is 8.81. The van der Waals surface area contributed by atoms with Crippen LogP contribution < -0.4 is 5.32 Å². The fourth-order valence-corrected chi connectivity index (χ4v) is 4.20. The molecule has 18 heavy (non-hydrogen) atoms. The molecule has 1 aliphatic carbocycles. The molecule has 0 aromatic heterocycles. The van der Waals surface area contributed by atoms with Crippen molar-refractivity contribution in [2.24, 2.45) is 11.8 Å². The topological polar surface area (TPSA) is 35.5 Å². The third kappa shape index (κ3) is 3.06. The van der Waals surface area contributed by atoms with Crippen LogP contribution in [0.5, 0.6) is 0 Å². The van der Waals surface area contributed by atoms with Crippen molar-refractivity contribution in [2.75, 3.05) is 26.2 Å². The van der Waals surface area contributed by atoms with E-state index in [-0.39, 0.29) is 6.10 Å². The van der Waals surface area contributed by atoms with Crippen LogP contribution in [-0.2, 0) is 0 Å². The van der Waals surface area contributed by atoms with Gasteiger partial charge >= 0.3 is 0 Å². The van der Waals surface area contributed by atoms with Gasteiger partial charge in [-0.2, -0.15) is 0 Å². The lowest BCUT2D eigenvalue weighted by atomic mass is 9.84. The average Bonchev–Trinajstić information content (AvgIpc) is 2.91. The van der Waals surface area contributed by atoms with E-state index in [4.69, 9.17) is 0 Å². The lowest BCUT2D eigenvalue weighted by molar-refractivity contribution is 0.0604. The molecule has 4 aliphatic rings. The van der Waals surface area contributed by atoms with Crippen molar-refractivity contribution in [1.29, 1.82) is 0 Å². The highest BCUT2D eigenvalue weighted by molar-refractivity contribution is 4.91. The summed E-state index contributed by atoms with van der Waals surface area (Å²) in [6, 6.07) is 0.644. The number of hydrogen-bond donors (Lipinski definition) is 2. The largest absolute Gasteiger partial charge is 0.392 e. The van der Waals surface area contributed by atoms with E-state index in [0.29, 0.717) is 6.04 Å². The maximum Gasteiger partial charge on any atom is 0.0667 e. The maximum absolute atomic E-state index is 10.1. The van der Waals surface area contributed by atoms with Gasteiger partial charge in [0.05, 0.1) is 6.10 Å². The van der Waals surface area contributed by atoms with Crippen LogP contribution in [0.3, 0.4) is 0 Å². The van der Waals surface area contributed by atoms with Crippen LogP contribution in [0.25, 0.3) is 0 Å². The van der Waals surface area contributed by atoms with Crippen molar-refractivity contribution in [3.05, 3.63) is 0 Å². The Labute approximate surface area is 111 Å². The lowest BCUT2D eigenvalue weighted by Gasteiger charge is -2.45. The van der Waals surface area contributed by atoms with E-state index in [1.807, 2.05) is 0 Å². The number of rotatable bonds is 5. The van der Waals surface area contributed by atoms with E-state index in [2.05, 4.69) is 10.2 Å². The van der Waals surface area contributed by atoms with E-state index in [1.54, 1.807) is 0 Å². The molecule has 2 unspecified atom stereocenters. The molecule has 3 aliphatic heterocycles. The van der Waals surface area contributed by atoms with Gasteiger partial charge in [0, 0.05) is 19.1 Å². The molecule has 3 heteroatoms. The van der Waals surface area contributed by atoms with Crippen molar-refractivity contribution >= 4 is 0 Å². The summed E-state index contributed by atoms with van der Waals surface area (Å²) in [6.07, 6.45) is 9.06. The minimum atomic E-state index is -0.122. The highest BCUT2D eigenvalue weighted by atomic mass is 16.3. The highest BCUT2D eigenvalue weighted by Crippen LogP contribution is 2.29. The number of nitrogens with one attached hydrogen (secondary N) is 1. The second-order valence-electron chi connectivity index (χ2n) is 6.69. The lowest BCUT2D eigenvalue weighted by Crippen LogP contribution is -2.57. The van der Waals surface area contributed by atoms with E-state index in [0.717, 1.165) is 24.8 Å². The summed E-state index contributed by atoms with van der Waals surface area (Å²) in [7, 11) is 0. The van der Waals surface area contributed by atoms with Gasteiger partial charge in [-0.3, -0.25) is 0 Å². The number of aliphatic hydroxyl groups is 1. The quantitative estimate of drug-likeness (QED) is 0.780. The van der Waals surface area contributed by atoms with Gasteiger partial charge in [0.15, 0.2) is 0 Å². The first kappa shape index (κ1) is 12.9. The number of hydrogen-bond acceptors (Lipinski definition) is 3. The molecule has 3 heterocycles. The standard InChI is InChI=1S/C15H28N2O/c18-14(9-12-3-1-2-4-12)10-16-15-11-17-7-5-13(15)6-8-17/h12-16,18H,1-11H2. The summed E-state index contributed by atoms with van der Waals surface area (Å²) in [5.41, 5.74) is 0. The summed E-state index contributed by atoms with van der Waals surface area (Å²) in [5, 5.41) is 13.8. The molecule has 2 atom stereocenters. The number of piperidine rings is 3. The molecular formula is C15H28N2O. The van der Waals surface area contributed by atoms with Gasteiger partial charge < -0.3 is 15.3 Å². The van der Waals surface area contributed by atoms with E-state index in [1.165, 1.54) is 58.2 Å². The van der Waals surface area contributed by atoms with Crippen LogP contribution in [0.15, 0.2) is 0 Å². The Hall–Kier alpha value is -0.120. The fraction of sp³-hybridized carbons (Fsp3) is 1.00. The predicted octanol–water partition coefficient (Wildman–Crippen LogP) is 1.61. The SMILES string of the molecule is OC(CNC1CN2CCC1CC2)CC1CCCC1. The van der Waals surface area contributed by atoms with Crippen molar-refractivity contribution in [3.63, 3.8) is 0 Å². The molecule has 4 rings (SSSR count). The van der Waals surface area contributed by atoms with E-state index in [9.17, 15) is 5.11 Å². The highest BCUT2D eigenvalue weighted by Gasteiger charge is 2.33. The zero-order valence-corrected chi connectivity index (χ0v) is 11.5. The molecule has 0 amide bonds. The maximum atomic E-state index is 10.1. The third-order valence-corrected chi connectivity index (χ3v) is 5.35. The monoisotopic (exact) mass is 252 g/mol. The number of nitrogens with zero attached hydrogens (tertiary/aromatic N) is 1. The van der Waals surface area contributed by atoms with Crippen LogP contribution in [0.4, 0.5) is 0 Å². The van der Waals surface area contributed by atoms with Gasteiger partial charge in [0.1, 0.15) is 0 Å². The number of aliphatic hydroxyl groups excluding tert-OH is 1. The Bertz CT molecular complexity index is 257. The van der Waals surface area contributed by atoms with Crippen LogP contribution in [-0.4, -0.2) is 48.3 Å². The Balaban J connectivity index is 1.38. The van der Waals surface area contributed by atoms with Gasteiger partial charge in [-0.25, -0.2) is 0 Å². The molecule has 0 spiro atoms. The Kier molecular flexibility index (Phi) is 4.22. The van der Waals surface area contributed by atoms with Crippen LogP contribution in [0, 0.1) is 11.8 Å². The molecule has 104 valence electrons. The molecule has 2 bridgehead atoms. The predicted molar refractivity (Wildman–Crippen MR) is 73.5 cm³/mol. The minimum Gasteiger partial charge on any atom is -0.392 e. The molecular weight excluding hydrogens is 224 g/mol. The second kappa shape index (κ2) is 5.89.